The fourth-order valence-electron chi connectivity index (χ4n) is 2.33. The zero-order valence-corrected chi connectivity index (χ0v) is 11.0. The predicted molar refractivity (Wildman–Crippen MR) is 75.4 cm³/mol. The van der Waals surface area contributed by atoms with E-state index in [2.05, 4.69) is 31.9 Å². The Morgan fingerprint density at radius 2 is 1.79 bits per heavy atom. The molecule has 1 heterocycles. The van der Waals surface area contributed by atoms with Gasteiger partial charge < -0.3 is 9.47 Å². The molecule has 3 rings (SSSR count). The van der Waals surface area contributed by atoms with Gasteiger partial charge in [-0.15, -0.1) is 6.42 Å². The molecule has 0 unspecified atom stereocenters. The third kappa shape index (κ3) is 1.84. The fraction of sp³-hybridized carbons (Fsp3) is 0.176. The Bertz CT molecular complexity index is 693. The van der Waals surface area contributed by atoms with Crippen LogP contribution in [0.2, 0.25) is 0 Å². The maximum absolute atomic E-state index is 5.62. The Hall–Kier alpha value is -2.40. The van der Waals surface area contributed by atoms with Crippen LogP contribution in [0.5, 0.6) is 11.5 Å². The molecule has 19 heavy (non-hydrogen) atoms. The SMILES string of the molecule is C#Cc1cc2c(cc1-c1cccc(C)c1C)OCO2. The van der Waals surface area contributed by atoms with Crippen molar-refractivity contribution in [3.05, 3.63) is 47.0 Å². The zero-order valence-electron chi connectivity index (χ0n) is 11.0. The molecule has 2 heteroatoms. The van der Waals surface area contributed by atoms with Crippen LogP contribution in [0.3, 0.4) is 0 Å². The molecule has 1 aliphatic rings. The van der Waals surface area contributed by atoms with Crippen LogP contribution >= 0.6 is 0 Å². The molecule has 2 aromatic carbocycles. The zero-order chi connectivity index (χ0) is 13.4. The maximum atomic E-state index is 5.62. The van der Waals surface area contributed by atoms with Crippen LogP contribution in [0, 0.1) is 26.2 Å². The standard InChI is InChI=1S/C17H14O2/c1-4-13-8-16-17(19-10-18-16)9-15(13)14-7-5-6-11(2)12(14)3/h1,5-9H,10H2,2-3H3. The minimum atomic E-state index is 0.260. The van der Waals surface area contributed by atoms with Crippen LogP contribution in [0.15, 0.2) is 30.3 Å². The summed E-state index contributed by atoms with van der Waals surface area (Å²) >= 11 is 0. The van der Waals surface area contributed by atoms with E-state index in [9.17, 15) is 0 Å². The number of terminal acetylenes is 1. The second kappa shape index (κ2) is 4.37. The molecule has 0 aliphatic carbocycles. The molecule has 0 N–H and O–H groups in total. The van der Waals surface area contributed by atoms with Crippen molar-refractivity contribution in [1.29, 1.82) is 0 Å². The summed E-state index contributed by atoms with van der Waals surface area (Å²) in [4.78, 5) is 0. The van der Waals surface area contributed by atoms with Gasteiger partial charge in [0.05, 0.1) is 0 Å². The topological polar surface area (TPSA) is 18.5 Å². The minimum Gasteiger partial charge on any atom is -0.454 e. The molecule has 0 saturated carbocycles. The van der Waals surface area contributed by atoms with Crippen LogP contribution in [0.25, 0.3) is 11.1 Å². The lowest BCUT2D eigenvalue weighted by Gasteiger charge is -2.11. The highest BCUT2D eigenvalue weighted by atomic mass is 16.7. The Morgan fingerprint density at radius 1 is 1.05 bits per heavy atom. The van der Waals surface area contributed by atoms with Crippen molar-refractivity contribution in [3.63, 3.8) is 0 Å². The van der Waals surface area contributed by atoms with E-state index >= 15 is 0 Å². The lowest BCUT2D eigenvalue weighted by Crippen LogP contribution is -1.92. The summed E-state index contributed by atoms with van der Waals surface area (Å²) in [6, 6.07) is 10.1. The van der Waals surface area contributed by atoms with E-state index < -0.39 is 0 Å². The Labute approximate surface area is 113 Å². The molecule has 0 atom stereocenters. The summed E-state index contributed by atoms with van der Waals surface area (Å²) in [6.07, 6.45) is 5.62. The Morgan fingerprint density at radius 3 is 2.53 bits per heavy atom. The number of benzene rings is 2. The highest BCUT2D eigenvalue weighted by Gasteiger charge is 2.18. The summed E-state index contributed by atoms with van der Waals surface area (Å²) in [5.74, 6) is 4.22. The molecule has 0 spiro atoms. The van der Waals surface area contributed by atoms with Gasteiger partial charge in [-0.1, -0.05) is 24.1 Å². The van der Waals surface area contributed by atoms with Crippen LogP contribution in [0.4, 0.5) is 0 Å². The number of ether oxygens (including phenoxy) is 2. The monoisotopic (exact) mass is 250 g/mol. The summed E-state index contributed by atoms with van der Waals surface area (Å²) in [7, 11) is 0. The lowest BCUT2D eigenvalue weighted by molar-refractivity contribution is 0.174. The molecule has 2 aromatic rings. The van der Waals surface area contributed by atoms with Gasteiger partial charge in [-0.2, -0.15) is 0 Å². The molecule has 1 aliphatic heterocycles. The first kappa shape index (κ1) is 11.7. The van der Waals surface area contributed by atoms with E-state index in [1.807, 2.05) is 18.2 Å². The smallest absolute Gasteiger partial charge is 0.231 e. The van der Waals surface area contributed by atoms with Gasteiger partial charge in [0.25, 0.3) is 0 Å². The molecule has 0 radical (unpaired) electrons. The molecule has 0 bridgehead atoms. The molecular weight excluding hydrogens is 236 g/mol. The normalized spacial score (nSPS) is 12.3. The van der Waals surface area contributed by atoms with Crippen molar-refractivity contribution in [2.24, 2.45) is 0 Å². The minimum absolute atomic E-state index is 0.260. The molecule has 0 amide bonds. The molecule has 0 fully saturated rings. The quantitative estimate of drug-likeness (QED) is 0.719. The first-order valence-corrected chi connectivity index (χ1v) is 6.17. The second-order valence-electron chi connectivity index (χ2n) is 4.64. The molecule has 94 valence electrons. The number of hydrogen-bond donors (Lipinski definition) is 0. The van der Waals surface area contributed by atoms with Crippen molar-refractivity contribution >= 4 is 0 Å². The van der Waals surface area contributed by atoms with E-state index in [4.69, 9.17) is 15.9 Å². The van der Waals surface area contributed by atoms with Crippen LogP contribution in [0.1, 0.15) is 16.7 Å². The average molecular weight is 250 g/mol. The third-order valence-electron chi connectivity index (χ3n) is 3.56. The average Bonchev–Trinajstić information content (AvgIpc) is 2.87. The number of hydrogen-bond acceptors (Lipinski definition) is 2. The second-order valence-corrected chi connectivity index (χ2v) is 4.64. The van der Waals surface area contributed by atoms with E-state index in [1.165, 1.54) is 11.1 Å². The van der Waals surface area contributed by atoms with Crippen molar-refractivity contribution in [2.45, 2.75) is 13.8 Å². The van der Waals surface area contributed by atoms with Crippen LogP contribution < -0.4 is 9.47 Å². The van der Waals surface area contributed by atoms with Gasteiger partial charge in [0.2, 0.25) is 6.79 Å². The number of rotatable bonds is 1. The van der Waals surface area contributed by atoms with Crippen molar-refractivity contribution in [3.8, 4) is 35.0 Å². The van der Waals surface area contributed by atoms with E-state index in [-0.39, 0.29) is 6.79 Å². The van der Waals surface area contributed by atoms with Gasteiger partial charge in [-0.05, 0) is 36.6 Å². The van der Waals surface area contributed by atoms with E-state index in [1.54, 1.807) is 0 Å². The Balaban J connectivity index is 2.25. The Kier molecular flexibility index (Phi) is 2.68. The molecule has 0 saturated heterocycles. The van der Waals surface area contributed by atoms with Gasteiger partial charge in [0.15, 0.2) is 11.5 Å². The maximum Gasteiger partial charge on any atom is 0.231 e. The molecular formula is C17H14O2. The van der Waals surface area contributed by atoms with Crippen molar-refractivity contribution in [2.75, 3.05) is 6.79 Å². The van der Waals surface area contributed by atoms with Crippen molar-refractivity contribution < 1.29 is 9.47 Å². The lowest BCUT2D eigenvalue weighted by atomic mass is 9.93. The first-order valence-electron chi connectivity index (χ1n) is 6.17. The highest BCUT2D eigenvalue weighted by molar-refractivity contribution is 5.77. The summed E-state index contributed by atoms with van der Waals surface area (Å²) in [6.45, 7) is 4.46. The van der Waals surface area contributed by atoms with Crippen LogP contribution in [-0.4, -0.2) is 6.79 Å². The van der Waals surface area contributed by atoms with Gasteiger partial charge in [-0.3, -0.25) is 0 Å². The number of fused-ring (bicyclic) bond motifs is 1. The van der Waals surface area contributed by atoms with Gasteiger partial charge in [-0.25, -0.2) is 0 Å². The first-order chi connectivity index (χ1) is 9.20. The molecule has 2 nitrogen and oxygen atoms in total. The summed E-state index contributed by atoms with van der Waals surface area (Å²) in [5.41, 5.74) is 5.48. The largest absolute Gasteiger partial charge is 0.454 e. The highest BCUT2D eigenvalue weighted by Crippen LogP contribution is 2.39. The predicted octanol–water partition coefficient (Wildman–Crippen LogP) is 3.68. The van der Waals surface area contributed by atoms with Crippen LogP contribution in [-0.2, 0) is 0 Å². The number of aryl methyl sites for hydroxylation is 1. The van der Waals surface area contributed by atoms with E-state index in [0.29, 0.717) is 0 Å². The summed E-state index contributed by atoms with van der Waals surface area (Å²) < 4.78 is 10.8. The van der Waals surface area contributed by atoms with E-state index in [0.717, 1.165) is 28.2 Å². The molecule has 0 aromatic heterocycles. The summed E-state index contributed by atoms with van der Waals surface area (Å²) in [5, 5.41) is 0. The third-order valence-corrected chi connectivity index (χ3v) is 3.56. The fourth-order valence-corrected chi connectivity index (χ4v) is 2.33. The van der Waals surface area contributed by atoms with Gasteiger partial charge in [0.1, 0.15) is 0 Å². The van der Waals surface area contributed by atoms with Crippen molar-refractivity contribution in [1.82, 2.24) is 0 Å². The van der Waals surface area contributed by atoms with Gasteiger partial charge in [0, 0.05) is 17.2 Å². The van der Waals surface area contributed by atoms with Gasteiger partial charge >= 0.3 is 0 Å².